The van der Waals surface area contributed by atoms with Crippen LogP contribution in [0.2, 0.25) is 0 Å². The first kappa shape index (κ1) is 11.4. The maximum Gasteiger partial charge on any atom is 0.138 e. The van der Waals surface area contributed by atoms with Crippen molar-refractivity contribution in [2.45, 2.75) is 6.54 Å². The lowest BCUT2D eigenvalue weighted by Crippen LogP contribution is -2.05. The molecule has 94 valence electrons. The number of anilines is 1. The van der Waals surface area contributed by atoms with Crippen molar-refractivity contribution in [3.8, 4) is 5.69 Å². The molecule has 0 bridgehead atoms. The predicted octanol–water partition coefficient (Wildman–Crippen LogP) is 2.27. The average molecular weight is 251 g/mol. The summed E-state index contributed by atoms with van der Waals surface area (Å²) in [6, 6.07) is 13.9. The maximum absolute atomic E-state index is 4.29. The SMILES string of the molecule is c1ccc(CNc2ccccc2-n2cncn2)nc1. The van der Waals surface area contributed by atoms with Crippen LogP contribution in [0.4, 0.5) is 5.69 Å². The first-order valence-corrected chi connectivity index (χ1v) is 6.01. The van der Waals surface area contributed by atoms with E-state index < -0.39 is 0 Å². The number of aromatic nitrogens is 4. The first-order chi connectivity index (χ1) is 9.43. The quantitative estimate of drug-likeness (QED) is 0.773. The zero-order valence-electron chi connectivity index (χ0n) is 10.3. The first-order valence-electron chi connectivity index (χ1n) is 6.01. The Bertz CT molecular complexity index is 634. The van der Waals surface area contributed by atoms with Crippen molar-refractivity contribution in [2.24, 2.45) is 0 Å². The molecule has 0 spiro atoms. The van der Waals surface area contributed by atoms with Gasteiger partial charge >= 0.3 is 0 Å². The van der Waals surface area contributed by atoms with Crippen LogP contribution in [-0.2, 0) is 6.54 Å². The Kier molecular flexibility index (Phi) is 3.18. The Morgan fingerprint density at radius 2 is 1.95 bits per heavy atom. The minimum absolute atomic E-state index is 0.673. The molecule has 0 fully saturated rings. The van der Waals surface area contributed by atoms with Gasteiger partial charge < -0.3 is 5.32 Å². The average Bonchev–Trinajstić information content (AvgIpc) is 3.01. The molecular formula is C14H13N5. The topological polar surface area (TPSA) is 55.6 Å². The minimum atomic E-state index is 0.673. The Balaban J connectivity index is 1.82. The highest BCUT2D eigenvalue weighted by molar-refractivity contribution is 5.60. The number of nitrogens with zero attached hydrogens (tertiary/aromatic N) is 4. The van der Waals surface area contributed by atoms with Crippen molar-refractivity contribution >= 4 is 5.69 Å². The molecule has 0 atom stereocenters. The van der Waals surface area contributed by atoms with Crippen LogP contribution in [0.1, 0.15) is 5.69 Å². The summed E-state index contributed by atoms with van der Waals surface area (Å²) in [5.74, 6) is 0. The molecule has 0 aliphatic rings. The van der Waals surface area contributed by atoms with Crippen molar-refractivity contribution in [3.63, 3.8) is 0 Å². The van der Waals surface area contributed by atoms with Gasteiger partial charge in [-0.1, -0.05) is 18.2 Å². The van der Waals surface area contributed by atoms with Crippen molar-refractivity contribution in [3.05, 3.63) is 67.0 Å². The summed E-state index contributed by atoms with van der Waals surface area (Å²) in [5, 5.41) is 7.52. The van der Waals surface area contributed by atoms with Crippen molar-refractivity contribution < 1.29 is 0 Å². The molecule has 5 heteroatoms. The minimum Gasteiger partial charge on any atom is -0.378 e. The van der Waals surface area contributed by atoms with Crippen LogP contribution < -0.4 is 5.32 Å². The highest BCUT2D eigenvalue weighted by Crippen LogP contribution is 2.19. The van der Waals surface area contributed by atoms with E-state index >= 15 is 0 Å². The molecule has 19 heavy (non-hydrogen) atoms. The molecule has 1 N–H and O–H groups in total. The Morgan fingerprint density at radius 3 is 2.74 bits per heavy atom. The fraction of sp³-hybridized carbons (Fsp3) is 0.0714. The number of pyridine rings is 1. The van der Waals surface area contributed by atoms with Crippen molar-refractivity contribution in [1.29, 1.82) is 0 Å². The van der Waals surface area contributed by atoms with Crippen LogP contribution in [-0.4, -0.2) is 19.7 Å². The summed E-state index contributed by atoms with van der Waals surface area (Å²) in [7, 11) is 0. The van der Waals surface area contributed by atoms with Crippen LogP contribution in [0.25, 0.3) is 5.69 Å². The van der Waals surface area contributed by atoms with E-state index in [0.717, 1.165) is 17.1 Å². The molecule has 0 aliphatic heterocycles. The van der Waals surface area contributed by atoms with E-state index in [-0.39, 0.29) is 0 Å². The number of hydrogen-bond donors (Lipinski definition) is 1. The second-order valence-electron chi connectivity index (χ2n) is 4.03. The number of para-hydroxylation sites is 2. The van der Waals surface area contributed by atoms with Gasteiger partial charge in [0.1, 0.15) is 12.7 Å². The summed E-state index contributed by atoms with van der Waals surface area (Å²) >= 11 is 0. The number of benzene rings is 1. The van der Waals surface area contributed by atoms with Gasteiger partial charge in [-0.25, -0.2) is 9.67 Å². The molecule has 3 rings (SSSR count). The van der Waals surface area contributed by atoms with Crippen LogP contribution in [0.15, 0.2) is 61.3 Å². The summed E-state index contributed by atoms with van der Waals surface area (Å²) in [4.78, 5) is 8.26. The van der Waals surface area contributed by atoms with Gasteiger partial charge in [0.15, 0.2) is 0 Å². The van der Waals surface area contributed by atoms with E-state index in [2.05, 4.69) is 20.4 Å². The fourth-order valence-corrected chi connectivity index (χ4v) is 1.84. The summed E-state index contributed by atoms with van der Waals surface area (Å²) in [6.45, 7) is 0.673. The summed E-state index contributed by atoms with van der Waals surface area (Å²) in [6.07, 6.45) is 5.00. The molecule has 0 radical (unpaired) electrons. The van der Waals surface area contributed by atoms with E-state index in [4.69, 9.17) is 0 Å². The molecule has 5 nitrogen and oxygen atoms in total. The largest absolute Gasteiger partial charge is 0.378 e. The monoisotopic (exact) mass is 251 g/mol. The molecule has 0 unspecified atom stereocenters. The lowest BCUT2D eigenvalue weighted by Gasteiger charge is -2.11. The van der Waals surface area contributed by atoms with Crippen molar-refractivity contribution in [2.75, 3.05) is 5.32 Å². The van der Waals surface area contributed by atoms with E-state index in [0.29, 0.717) is 6.54 Å². The molecule has 0 saturated carbocycles. The van der Waals surface area contributed by atoms with Gasteiger partial charge in [-0.2, -0.15) is 5.10 Å². The number of nitrogens with one attached hydrogen (secondary N) is 1. The highest BCUT2D eigenvalue weighted by Gasteiger charge is 2.04. The molecular weight excluding hydrogens is 238 g/mol. The molecule has 1 aromatic carbocycles. The Hall–Kier alpha value is -2.69. The molecule has 0 amide bonds. The smallest absolute Gasteiger partial charge is 0.138 e. The normalized spacial score (nSPS) is 10.3. The van der Waals surface area contributed by atoms with E-state index in [1.165, 1.54) is 6.33 Å². The number of rotatable bonds is 4. The van der Waals surface area contributed by atoms with E-state index in [1.807, 2.05) is 42.5 Å². The zero-order chi connectivity index (χ0) is 12.9. The van der Waals surface area contributed by atoms with Gasteiger partial charge in [-0.15, -0.1) is 0 Å². The van der Waals surface area contributed by atoms with E-state index in [9.17, 15) is 0 Å². The molecule has 0 aliphatic carbocycles. The lowest BCUT2D eigenvalue weighted by atomic mass is 10.2. The lowest BCUT2D eigenvalue weighted by molar-refractivity contribution is 0.877. The third kappa shape index (κ3) is 2.60. The van der Waals surface area contributed by atoms with Gasteiger partial charge in [-0.05, 0) is 24.3 Å². The standard InChI is InChI=1S/C14H13N5/c1-2-7-14(19-11-15-10-18-19)13(6-1)17-9-12-5-3-4-8-16-12/h1-8,10-11,17H,9H2. The predicted molar refractivity (Wildman–Crippen MR) is 72.9 cm³/mol. The Labute approximate surface area is 111 Å². The van der Waals surface area contributed by atoms with Gasteiger partial charge in [0, 0.05) is 6.20 Å². The second-order valence-corrected chi connectivity index (χ2v) is 4.03. The zero-order valence-corrected chi connectivity index (χ0v) is 10.3. The van der Waals surface area contributed by atoms with Crippen molar-refractivity contribution in [1.82, 2.24) is 19.7 Å². The number of hydrogen-bond acceptors (Lipinski definition) is 4. The highest BCUT2D eigenvalue weighted by atomic mass is 15.3. The van der Waals surface area contributed by atoms with Crippen LogP contribution in [0, 0.1) is 0 Å². The van der Waals surface area contributed by atoms with Gasteiger partial charge in [0.05, 0.1) is 23.6 Å². The van der Waals surface area contributed by atoms with Gasteiger partial charge in [-0.3, -0.25) is 4.98 Å². The third-order valence-corrected chi connectivity index (χ3v) is 2.76. The fourth-order valence-electron chi connectivity index (χ4n) is 1.84. The van der Waals surface area contributed by atoms with Crippen LogP contribution in [0.5, 0.6) is 0 Å². The Morgan fingerprint density at radius 1 is 1.05 bits per heavy atom. The summed E-state index contributed by atoms with van der Waals surface area (Å²) in [5.41, 5.74) is 2.96. The van der Waals surface area contributed by atoms with Crippen LogP contribution >= 0.6 is 0 Å². The van der Waals surface area contributed by atoms with E-state index in [1.54, 1.807) is 17.2 Å². The van der Waals surface area contributed by atoms with Crippen LogP contribution in [0.3, 0.4) is 0 Å². The summed E-state index contributed by atoms with van der Waals surface area (Å²) < 4.78 is 1.74. The maximum atomic E-state index is 4.29. The second kappa shape index (κ2) is 5.30. The third-order valence-electron chi connectivity index (χ3n) is 2.76. The molecule has 3 aromatic rings. The molecule has 2 aromatic heterocycles. The molecule has 0 saturated heterocycles. The van der Waals surface area contributed by atoms with Gasteiger partial charge in [0.25, 0.3) is 0 Å². The molecule has 2 heterocycles. The van der Waals surface area contributed by atoms with Gasteiger partial charge in [0.2, 0.25) is 0 Å².